The molecule has 1 fully saturated rings. The van der Waals surface area contributed by atoms with Crippen molar-refractivity contribution in [1.29, 1.82) is 0 Å². The van der Waals surface area contributed by atoms with E-state index in [0.717, 1.165) is 17.0 Å². The predicted octanol–water partition coefficient (Wildman–Crippen LogP) is 1.47. The number of nitrogens with zero attached hydrogens (tertiary/aromatic N) is 6. The van der Waals surface area contributed by atoms with Gasteiger partial charge in [0.1, 0.15) is 4.88 Å². The minimum Gasteiger partial charge on any atom is -0.465 e. The maximum atomic E-state index is 12.7. The number of piperazine rings is 1. The van der Waals surface area contributed by atoms with Gasteiger partial charge >= 0.3 is 5.97 Å². The summed E-state index contributed by atoms with van der Waals surface area (Å²) < 4.78 is 6.39. The molecule has 3 heterocycles. The van der Waals surface area contributed by atoms with Gasteiger partial charge in [-0.2, -0.15) is 4.68 Å². The predicted molar refractivity (Wildman–Crippen MR) is 103 cm³/mol. The Balaban J connectivity index is 1.43. The van der Waals surface area contributed by atoms with Crippen LogP contribution in [0.2, 0.25) is 0 Å². The van der Waals surface area contributed by atoms with Gasteiger partial charge in [-0.15, -0.1) is 11.3 Å². The van der Waals surface area contributed by atoms with Crippen molar-refractivity contribution in [2.45, 2.75) is 0 Å². The smallest absolute Gasteiger partial charge is 0.348 e. The van der Waals surface area contributed by atoms with Crippen LogP contribution in [0.1, 0.15) is 19.3 Å². The fraction of sp³-hybridized carbons (Fsp3) is 0.278. The fourth-order valence-corrected chi connectivity index (χ4v) is 3.94. The topological polar surface area (TPSA) is 93.5 Å². The van der Waals surface area contributed by atoms with E-state index in [1.807, 2.05) is 30.3 Å². The van der Waals surface area contributed by atoms with Gasteiger partial charge in [-0.1, -0.05) is 23.3 Å². The minimum absolute atomic E-state index is 0.0811. The molecule has 1 saturated heterocycles. The summed E-state index contributed by atoms with van der Waals surface area (Å²) in [6, 6.07) is 13.0. The molecule has 2 aromatic heterocycles. The normalized spacial score (nSPS) is 14.2. The molecular weight excluding hydrogens is 380 g/mol. The van der Waals surface area contributed by atoms with Crippen LogP contribution < -0.4 is 4.90 Å². The van der Waals surface area contributed by atoms with Gasteiger partial charge < -0.3 is 14.5 Å². The molecule has 0 spiro atoms. The molecular formula is C18H18N6O3S. The summed E-state index contributed by atoms with van der Waals surface area (Å²) in [4.78, 5) is 29.1. The maximum absolute atomic E-state index is 12.7. The standard InChI is InChI=1S/C18H18N6O3S/c1-27-17(26)15-8-7-14(28-15)16(25)22-9-11-23(12-10-22)18-19-20-21-24(18)13-5-3-2-4-6-13/h2-8H,9-12H2,1H3. The number of carbonyl (C=O) groups is 2. The third kappa shape index (κ3) is 3.46. The van der Waals surface area contributed by atoms with Crippen molar-refractivity contribution in [1.82, 2.24) is 25.1 Å². The molecule has 3 aromatic rings. The molecule has 1 aliphatic rings. The number of hydrogen-bond acceptors (Lipinski definition) is 8. The lowest BCUT2D eigenvalue weighted by Crippen LogP contribution is -2.49. The zero-order valence-corrected chi connectivity index (χ0v) is 16.0. The van der Waals surface area contributed by atoms with Crippen LogP contribution in [0, 0.1) is 0 Å². The van der Waals surface area contributed by atoms with Gasteiger partial charge in [-0.3, -0.25) is 4.79 Å². The molecule has 1 aromatic carbocycles. The molecule has 144 valence electrons. The van der Waals surface area contributed by atoms with E-state index < -0.39 is 5.97 Å². The van der Waals surface area contributed by atoms with E-state index in [-0.39, 0.29) is 5.91 Å². The number of hydrogen-bond donors (Lipinski definition) is 0. The third-order valence-electron chi connectivity index (χ3n) is 4.51. The van der Waals surface area contributed by atoms with Gasteiger partial charge in [0.2, 0.25) is 5.95 Å². The summed E-state index contributed by atoms with van der Waals surface area (Å²) >= 11 is 1.15. The number of aromatic nitrogens is 4. The lowest BCUT2D eigenvalue weighted by Gasteiger charge is -2.34. The Morgan fingerprint density at radius 1 is 1.00 bits per heavy atom. The molecule has 0 saturated carbocycles. The number of thiophene rings is 1. The number of tetrazole rings is 1. The van der Waals surface area contributed by atoms with E-state index >= 15 is 0 Å². The first-order valence-electron chi connectivity index (χ1n) is 8.73. The highest BCUT2D eigenvalue weighted by Gasteiger charge is 2.26. The lowest BCUT2D eigenvalue weighted by atomic mass is 10.3. The van der Waals surface area contributed by atoms with Crippen LogP contribution in [0.3, 0.4) is 0 Å². The lowest BCUT2D eigenvalue weighted by molar-refractivity contribution is 0.0606. The Hall–Kier alpha value is -3.27. The van der Waals surface area contributed by atoms with Crippen LogP contribution in [-0.4, -0.2) is 70.3 Å². The number of benzene rings is 1. The summed E-state index contributed by atoms with van der Waals surface area (Å²) in [5, 5.41) is 12.0. The molecule has 10 heteroatoms. The average molecular weight is 398 g/mol. The summed E-state index contributed by atoms with van der Waals surface area (Å²) in [7, 11) is 1.33. The van der Waals surface area contributed by atoms with Crippen molar-refractivity contribution in [2.75, 3.05) is 38.2 Å². The Morgan fingerprint density at radius 3 is 2.43 bits per heavy atom. The Labute approximate surface area is 165 Å². The highest BCUT2D eigenvalue weighted by Crippen LogP contribution is 2.21. The number of rotatable bonds is 4. The highest BCUT2D eigenvalue weighted by atomic mass is 32.1. The van der Waals surface area contributed by atoms with E-state index in [9.17, 15) is 9.59 Å². The molecule has 0 atom stereocenters. The van der Waals surface area contributed by atoms with Crippen LogP contribution in [0.5, 0.6) is 0 Å². The Morgan fingerprint density at radius 2 is 1.71 bits per heavy atom. The van der Waals surface area contributed by atoms with Crippen molar-refractivity contribution in [3.05, 3.63) is 52.2 Å². The monoisotopic (exact) mass is 398 g/mol. The molecule has 0 unspecified atom stereocenters. The summed E-state index contributed by atoms with van der Waals surface area (Å²) in [6.07, 6.45) is 0. The van der Waals surface area contributed by atoms with Crippen molar-refractivity contribution < 1.29 is 14.3 Å². The van der Waals surface area contributed by atoms with Crippen molar-refractivity contribution >= 4 is 29.2 Å². The molecule has 0 aliphatic carbocycles. The van der Waals surface area contributed by atoms with E-state index in [1.165, 1.54) is 7.11 Å². The maximum Gasteiger partial charge on any atom is 0.348 e. The number of para-hydroxylation sites is 1. The molecule has 4 rings (SSSR count). The minimum atomic E-state index is -0.429. The molecule has 1 amide bonds. The van der Waals surface area contributed by atoms with Crippen LogP contribution in [0.4, 0.5) is 5.95 Å². The summed E-state index contributed by atoms with van der Waals surface area (Å²) in [5.41, 5.74) is 0.884. The number of carbonyl (C=O) groups excluding carboxylic acids is 2. The van der Waals surface area contributed by atoms with E-state index in [0.29, 0.717) is 41.9 Å². The molecule has 9 nitrogen and oxygen atoms in total. The first kappa shape index (κ1) is 18.1. The van der Waals surface area contributed by atoms with Gasteiger partial charge in [-0.05, 0) is 34.7 Å². The Kier molecular flexibility index (Phi) is 5.02. The Bertz CT molecular complexity index is 978. The van der Waals surface area contributed by atoms with Gasteiger partial charge in [-0.25, -0.2) is 4.79 Å². The first-order chi connectivity index (χ1) is 13.7. The van der Waals surface area contributed by atoms with Gasteiger partial charge in [0.05, 0.1) is 17.7 Å². The van der Waals surface area contributed by atoms with Crippen LogP contribution in [0.15, 0.2) is 42.5 Å². The summed E-state index contributed by atoms with van der Waals surface area (Å²) in [5.74, 6) is 0.145. The second-order valence-electron chi connectivity index (χ2n) is 6.16. The van der Waals surface area contributed by atoms with Gasteiger partial charge in [0, 0.05) is 26.2 Å². The summed E-state index contributed by atoms with van der Waals surface area (Å²) in [6.45, 7) is 2.33. The zero-order chi connectivity index (χ0) is 19.5. The van der Waals surface area contributed by atoms with Crippen molar-refractivity contribution in [3.63, 3.8) is 0 Å². The fourth-order valence-electron chi connectivity index (χ4n) is 3.04. The van der Waals surface area contributed by atoms with E-state index in [1.54, 1.807) is 21.7 Å². The van der Waals surface area contributed by atoms with Crippen molar-refractivity contribution in [3.8, 4) is 5.69 Å². The highest BCUT2D eigenvalue weighted by molar-refractivity contribution is 7.15. The third-order valence-corrected chi connectivity index (χ3v) is 5.56. The molecule has 0 bridgehead atoms. The molecule has 28 heavy (non-hydrogen) atoms. The number of anilines is 1. The number of methoxy groups -OCH3 is 1. The van der Waals surface area contributed by atoms with Gasteiger partial charge in [0.25, 0.3) is 5.91 Å². The average Bonchev–Trinajstić information content (AvgIpc) is 3.43. The van der Waals surface area contributed by atoms with E-state index in [2.05, 4.69) is 20.4 Å². The molecule has 0 N–H and O–H groups in total. The van der Waals surface area contributed by atoms with Crippen LogP contribution >= 0.6 is 11.3 Å². The number of esters is 1. The van der Waals surface area contributed by atoms with Crippen LogP contribution in [0.25, 0.3) is 5.69 Å². The first-order valence-corrected chi connectivity index (χ1v) is 9.55. The molecule has 1 aliphatic heterocycles. The number of ether oxygens (including phenoxy) is 1. The number of amides is 1. The van der Waals surface area contributed by atoms with E-state index in [4.69, 9.17) is 4.74 Å². The largest absolute Gasteiger partial charge is 0.465 e. The second kappa shape index (κ2) is 7.77. The quantitative estimate of drug-likeness (QED) is 0.615. The van der Waals surface area contributed by atoms with Crippen LogP contribution in [-0.2, 0) is 4.74 Å². The van der Waals surface area contributed by atoms with Gasteiger partial charge in [0.15, 0.2) is 0 Å². The zero-order valence-electron chi connectivity index (χ0n) is 15.2. The SMILES string of the molecule is COC(=O)c1ccc(C(=O)N2CCN(c3nnnn3-c3ccccc3)CC2)s1. The second-order valence-corrected chi connectivity index (χ2v) is 7.24. The molecule has 0 radical (unpaired) electrons. The van der Waals surface area contributed by atoms with Crippen molar-refractivity contribution in [2.24, 2.45) is 0 Å².